The third-order valence-electron chi connectivity index (χ3n) is 2.42. The lowest BCUT2D eigenvalue weighted by atomic mass is 10.1. The minimum absolute atomic E-state index is 0.219. The van der Waals surface area contributed by atoms with E-state index in [0.717, 1.165) is 5.71 Å². The summed E-state index contributed by atoms with van der Waals surface area (Å²) in [7, 11) is 0. The highest BCUT2D eigenvalue weighted by Crippen LogP contribution is 2.11. The number of likely N-dealkylation sites (tertiary alicyclic amines) is 1. The van der Waals surface area contributed by atoms with E-state index in [1.165, 1.54) is 0 Å². The molecular formula is C10H18N2O2. The summed E-state index contributed by atoms with van der Waals surface area (Å²) in [5.74, 6) is 0.632. The van der Waals surface area contributed by atoms with Gasteiger partial charge in [0.05, 0.1) is 5.71 Å². The number of carbonyl (C=O) groups is 1. The molecule has 0 aromatic carbocycles. The molecule has 0 radical (unpaired) electrons. The van der Waals surface area contributed by atoms with Crippen molar-refractivity contribution < 1.29 is 10.0 Å². The fourth-order valence-corrected chi connectivity index (χ4v) is 1.59. The van der Waals surface area contributed by atoms with Crippen molar-refractivity contribution in [1.82, 2.24) is 4.90 Å². The SMILES string of the molecule is CC(C)CC(=O)N1CCC(=NO)CC1. The number of amides is 1. The smallest absolute Gasteiger partial charge is 0.222 e. The Kier molecular flexibility index (Phi) is 3.92. The van der Waals surface area contributed by atoms with Crippen LogP contribution in [0.2, 0.25) is 0 Å². The molecule has 0 aromatic rings. The van der Waals surface area contributed by atoms with Crippen LogP contribution in [0.25, 0.3) is 0 Å². The largest absolute Gasteiger partial charge is 0.411 e. The number of carbonyl (C=O) groups excluding carboxylic acids is 1. The Morgan fingerprint density at radius 1 is 1.50 bits per heavy atom. The Hall–Kier alpha value is -1.06. The zero-order valence-corrected chi connectivity index (χ0v) is 8.86. The first-order valence-electron chi connectivity index (χ1n) is 5.11. The van der Waals surface area contributed by atoms with E-state index in [2.05, 4.69) is 5.16 Å². The Morgan fingerprint density at radius 3 is 2.50 bits per heavy atom. The molecular weight excluding hydrogens is 180 g/mol. The molecule has 1 aliphatic rings. The second-order valence-corrected chi connectivity index (χ2v) is 4.14. The van der Waals surface area contributed by atoms with E-state index in [-0.39, 0.29) is 5.91 Å². The van der Waals surface area contributed by atoms with Gasteiger partial charge in [-0.05, 0) is 5.92 Å². The van der Waals surface area contributed by atoms with Crippen LogP contribution in [0.4, 0.5) is 0 Å². The van der Waals surface area contributed by atoms with Gasteiger partial charge in [-0.15, -0.1) is 0 Å². The lowest BCUT2D eigenvalue weighted by molar-refractivity contribution is -0.132. The van der Waals surface area contributed by atoms with E-state index in [4.69, 9.17) is 5.21 Å². The highest BCUT2D eigenvalue weighted by atomic mass is 16.4. The molecule has 0 aliphatic carbocycles. The molecule has 1 amide bonds. The van der Waals surface area contributed by atoms with Gasteiger partial charge < -0.3 is 10.1 Å². The molecule has 0 spiro atoms. The van der Waals surface area contributed by atoms with Gasteiger partial charge in [0.2, 0.25) is 5.91 Å². The maximum Gasteiger partial charge on any atom is 0.222 e. The second-order valence-electron chi connectivity index (χ2n) is 4.14. The van der Waals surface area contributed by atoms with Gasteiger partial charge in [-0.3, -0.25) is 4.79 Å². The van der Waals surface area contributed by atoms with Crippen molar-refractivity contribution in [2.45, 2.75) is 33.1 Å². The molecule has 1 N–H and O–H groups in total. The molecule has 0 saturated carbocycles. The summed E-state index contributed by atoms with van der Waals surface area (Å²) in [6.07, 6.45) is 2.03. The Labute approximate surface area is 84.6 Å². The van der Waals surface area contributed by atoms with Crippen LogP contribution in [0.1, 0.15) is 33.1 Å². The van der Waals surface area contributed by atoms with E-state index < -0.39 is 0 Å². The molecule has 1 aliphatic heterocycles. The number of nitrogens with zero attached hydrogens (tertiary/aromatic N) is 2. The van der Waals surface area contributed by atoms with Crippen LogP contribution in [-0.4, -0.2) is 34.8 Å². The van der Waals surface area contributed by atoms with Crippen molar-refractivity contribution >= 4 is 11.6 Å². The number of hydrogen-bond acceptors (Lipinski definition) is 3. The Bertz CT molecular complexity index is 226. The van der Waals surface area contributed by atoms with E-state index >= 15 is 0 Å². The first-order chi connectivity index (χ1) is 6.63. The Balaban J connectivity index is 2.38. The first-order valence-corrected chi connectivity index (χ1v) is 5.11. The maximum absolute atomic E-state index is 11.6. The minimum Gasteiger partial charge on any atom is -0.411 e. The zero-order valence-electron chi connectivity index (χ0n) is 8.86. The number of piperidine rings is 1. The van der Waals surface area contributed by atoms with Crippen molar-refractivity contribution in [1.29, 1.82) is 0 Å². The van der Waals surface area contributed by atoms with Gasteiger partial charge in [0.1, 0.15) is 0 Å². The molecule has 0 unspecified atom stereocenters. The van der Waals surface area contributed by atoms with E-state index in [9.17, 15) is 4.79 Å². The fourth-order valence-electron chi connectivity index (χ4n) is 1.59. The third-order valence-corrected chi connectivity index (χ3v) is 2.42. The van der Waals surface area contributed by atoms with Crippen LogP contribution in [0, 0.1) is 5.92 Å². The maximum atomic E-state index is 11.6. The predicted molar refractivity (Wildman–Crippen MR) is 54.5 cm³/mol. The summed E-state index contributed by atoms with van der Waals surface area (Å²) in [6, 6.07) is 0. The van der Waals surface area contributed by atoms with Crippen LogP contribution in [0.5, 0.6) is 0 Å². The molecule has 14 heavy (non-hydrogen) atoms. The molecule has 0 atom stereocenters. The van der Waals surface area contributed by atoms with Crippen molar-refractivity contribution in [2.24, 2.45) is 11.1 Å². The van der Waals surface area contributed by atoms with Crippen LogP contribution in [0.15, 0.2) is 5.16 Å². The summed E-state index contributed by atoms with van der Waals surface area (Å²) < 4.78 is 0. The number of hydrogen-bond donors (Lipinski definition) is 1. The molecule has 1 fully saturated rings. The molecule has 1 heterocycles. The van der Waals surface area contributed by atoms with E-state index in [1.807, 2.05) is 18.7 Å². The number of oxime groups is 1. The summed E-state index contributed by atoms with van der Waals surface area (Å²) in [6.45, 7) is 5.49. The van der Waals surface area contributed by atoms with Gasteiger partial charge in [0.25, 0.3) is 0 Å². The Morgan fingerprint density at radius 2 is 2.07 bits per heavy atom. The molecule has 0 aromatic heterocycles. The van der Waals surface area contributed by atoms with Gasteiger partial charge in [-0.2, -0.15) is 0 Å². The van der Waals surface area contributed by atoms with Crippen LogP contribution >= 0.6 is 0 Å². The highest BCUT2D eigenvalue weighted by Gasteiger charge is 2.20. The van der Waals surface area contributed by atoms with Crippen molar-refractivity contribution in [2.75, 3.05) is 13.1 Å². The summed E-state index contributed by atoms with van der Waals surface area (Å²) in [4.78, 5) is 13.5. The molecule has 4 nitrogen and oxygen atoms in total. The summed E-state index contributed by atoms with van der Waals surface area (Å²) in [5, 5.41) is 11.7. The molecule has 80 valence electrons. The average Bonchev–Trinajstić information content (AvgIpc) is 2.17. The highest BCUT2D eigenvalue weighted by molar-refractivity contribution is 5.87. The lowest BCUT2D eigenvalue weighted by Crippen LogP contribution is -2.39. The zero-order chi connectivity index (χ0) is 10.6. The second kappa shape index (κ2) is 4.98. The normalized spacial score (nSPS) is 17.4. The van der Waals surface area contributed by atoms with E-state index in [0.29, 0.717) is 38.3 Å². The van der Waals surface area contributed by atoms with Gasteiger partial charge in [-0.1, -0.05) is 19.0 Å². The summed E-state index contributed by atoms with van der Waals surface area (Å²) >= 11 is 0. The standard InChI is InChI=1S/C10H18N2O2/c1-8(2)7-10(13)12-5-3-9(11-14)4-6-12/h8,14H,3-7H2,1-2H3. The van der Waals surface area contributed by atoms with Crippen molar-refractivity contribution in [3.8, 4) is 0 Å². The first kappa shape index (κ1) is 11.0. The van der Waals surface area contributed by atoms with Crippen molar-refractivity contribution in [3.63, 3.8) is 0 Å². The van der Waals surface area contributed by atoms with Crippen LogP contribution in [0.3, 0.4) is 0 Å². The monoisotopic (exact) mass is 198 g/mol. The molecule has 4 heteroatoms. The van der Waals surface area contributed by atoms with Gasteiger partial charge in [-0.25, -0.2) is 0 Å². The van der Waals surface area contributed by atoms with Gasteiger partial charge in [0.15, 0.2) is 0 Å². The van der Waals surface area contributed by atoms with Gasteiger partial charge >= 0.3 is 0 Å². The van der Waals surface area contributed by atoms with Crippen LogP contribution < -0.4 is 0 Å². The molecule has 1 rings (SSSR count). The average molecular weight is 198 g/mol. The van der Waals surface area contributed by atoms with Gasteiger partial charge in [0, 0.05) is 32.4 Å². The predicted octanol–water partition coefficient (Wildman–Crippen LogP) is 1.49. The minimum atomic E-state index is 0.219. The molecule has 0 bridgehead atoms. The summed E-state index contributed by atoms with van der Waals surface area (Å²) in [5.41, 5.74) is 0.804. The topological polar surface area (TPSA) is 52.9 Å². The van der Waals surface area contributed by atoms with E-state index in [1.54, 1.807) is 0 Å². The van der Waals surface area contributed by atoms with Crippen LogP contribution in [-0.2, 0) is 4.79 Å². The van der Waals surface area contributed by atoms with Crippen molar-refractivity contribution in [3.05, 3.63) is 0 Å². The molecule has 1 saturated heterocycles. The number of rotatable bonds is 2. The fraction of sp³-hybridized carbons (Fsp3) is 0.800. The third kappa shape index (κ3) is 3.01. The quantitative estimate of drug-likeness (QED) is 0.540. The lowest BCUT2D eigenvalue weighted by Gasteiger charge is -2.27.